The number of nitrogens with one attached hydrogen (secondary N) is 1. The second-order valence-corrected chi connectivity index (χ2v) is 3.85. The quantitative estimate of drug-likeness (QED) is 0.541. The lowest BCUT2D eigenvalue weighted by atomic mass is 9.99. The van der Waals surface area contributed by atoms with Gasteiger partial charge in [-0.15, -0.1) is 0 Å². The molecule has 1 atom stereocenters. The lowest BCUT2D eigenvalue weighted by molar-refractivity contribution is 0.184. The summed E-state index contributed by atoms with van der Waals surface area (Å²) in [6.07, 6.45) is 1.08. The van der Waals surface area contributed by atoms with E-state index >= 15 is 0 Å². The van der Waals surface area contributed by atoms with E-state index < -0.39 is 0 Å². The van der Waals surface area contributed by atoms with Crippen molar-refractivity contribution in [2.45, 2.75) is 12.0 Å². The minimum Gasteiger partial charge on any atom is -0.325 e. The summed E-state index contributed by atoms with van der Waals surface area (Å²) in [5.74, 6) is 0. The molecule has 0 saturated carbocycles. The summed E-state index contributed by atoms with van der Waals surface area (Å²) in [7, 11) is 3.77. The maximum absolute atomic E-state index is 11.5. The maximum Gasteiger partial charge on any atom is 0.320 e. The number of hydrogen-bond acceptors (Lipinski definition) is 2. The molecule has 0 aromatic carbocycles. The standard InChI is InChI=1S/C8H15N3O/c1-10-6-8(3-4-9-5-8)11(2)7(10)12/h9H,3-6H2,1-2H3. The first-order valence-electron chi connectivity index (χ1n) is 4.35. The van der Waals surface area contributed by atoms with Gasteiger partial charge < -0.3 is 15.1 Å². The Morgan fingerprint density at radius 1 is 1.50 bits per heavy atom. The van der Waals surface area contributed by atoms with E-state index in [0.717, 1.165) is 26.1 Å². The van der Waals surface area contributed by atoms with Crippen LogP contribution in [-0.2, 0) is 0 Å². The molecule has 0 radical (unpaired) electrons. The molecule has 12 heavy (non-hydrogen) atoms. The van der Waals surface area contributed by atoms with Gasteiger partial charge in [0.25, 0.3) is 0 Å². The van der Waals surface area contributed by atoms with Crippen LogP contribution in [0.4, 0.5) is 4.79 Å². The lowest BCUT2D eigenvalue weighted by Gasteiger charge is -2.28. The van der Waals surface area contributed by atoms with Crippen molar-refractivity contribution in [2.24, 2.45) is 0 Å². The first-order chi connectivity index (χ1) is 5.66. The van der Waals surface area contributed by atoms with Crippen LogP contribution in [0.3, 0.4) is 0 Å². The van der Waals surface area contributed by atoms with E-state index in [1.54, 1.807) is 4.90 Å². The van der Waals surface area contributed by atoms with Crippen LogP contribution in [0, 0.1) is 0 Å². The summed E-state index contributed by atoms with van der Waals surface area (Å²) in [6, 6.07) is 0.152. The highest BCUT2D eigenvalue weighted by atomic mass is 16.2. The van der Waals surface area contributed by atoms with Crippen LogP contribution in [0.5, 0.6) is 0 Å². The third-order valence-corrected chi connectivity index (χ3v) is 3.08. The van der Waals surface area contributed by atoms with E-state index in [-0.39, 0.29) is 11.6 Å². The van der Waals surface area contributed by atoms with Crippen molar-refractivity contribution in [1.29, 1.82) is 0 Å². The highest BCUT2D eigenvalue weighted by Crippen LogP contribution is 2.29. The number of hydrogen-bond donors (Lipinski definition) is 1. The zero-order valence-electron chi connectivity index (χ0n) is 7.63. The van der Waals surface area contributed by atoms with Crippen molar-refractivity contribution >= 4 is 6.03 Å². The van der Waals surface area contributed by atoms with Crippen molar-refractivity contribution in [1.82, 2.24) is 15.1 Å². The van der Waals surface area contributed by atoms with Gasteiger partial charge in [0.1, 0.15) is 0 Å². The molecule has 2 amide bonds. The van der Waals surface area contributed by atoms with Crippen LogP contribution >= 0.6 is 0 Å². The van der Waals surface area contributed by atoms with Crippen LogP contribution in [0.2, 0.25) is 0 Å². The first kappa shape index (κ1) is 7.86. The Balaban J connectivity index is 2.23. The maximum atomic E-state index is 11.5. The smallest absolute Gasteiger partial charge is 0.320 e. The highest BCUT2D eigenvalue weighted by molar-refractivity contribution is 5.77. The monoisotopic (exact) mass is 169 g/mol. The molecule has 2 aliphatic heterocycles. The molecule has 2 rings (SSSR count). The molecule has 2 aliphatic rings. The molecule has 2 fully saturated rings. The zero-order valence-corrected chi connectivity index (χ0v) is 7.63. The van der Waals surface area contributed by atoms with Crippen molar-refractivity contribution in [3.8, 4) is 0 Å². The van der Waals surface area contributed by atoms with E-state index in [0.29, 0.717) is 0 Å². The predicted octanol–water partition coefficient (Wildman–Crippen LogP) is -0.284. The predicted molar refractivity (Wildman–Crippen MR) is 46.0 cm³/mol. The highest BCUT2D eigenvalue weighted by Gasteiger charge is 2.47. The van der Waals surface area contributed by atoms with Crippen LogP contribution in [-0.4, -0.2) is 55.1 Å². The third-order valence-electron chi connectivity index (χ3n) is 3.08. The summed E-state index contributed by atoms with van der Waals surface area (Å²) in [4.78, 5) is 15.2. The summed E-state index contributed by atoms with van der Waals surface area (Å²) >= 11 is 0. The summed E-state index contributed by atoms with van der Waals surface area (Å²) in [5, 5.41) is 3.31. The average molecular weight is 169 g/mol. The molecule has 2 saturated heterocycles. The Hall–Kier alpha value is -0.770. The van der Waals surface area contributed by atoms with Crippen LogP contribution in [0.25, 0.3) is 0 Å². The molecule has 0 bridgehead atoms. The second-order valence-electron chi connectivity index (χ2n) is 3.85. The minimum absolute atomic E-state index is 0.0891. The average Bonchev–Trinajstić information content (AvgIpc) is 2.57. The summed E-state index contributed by atoms with van der Waals surface area (Å²) in [5.41, 5.74) is 0.0891. The number of rotatable bonds is 0. The van der Waals surface area contributed by atoms with Crippen LogP contribution < -0.4 is 5.32 Å². The minimum atomic E-state index is 0.0891. The molecule has 4 heteroatoms. The van der Waals surface area contributed by atoms with E-state index in [1.807, 2.05) is 19.0 Å². The van der Waals surface area contributed by atoms with Gasteiger partial charge in [0.2, 0.25) is 0 Å². The largest absolute Gasteiger partial charge is 0.325 e. The van der Waals surface area contributed by atoms with Crippen molar-refractivity contribution in [2.75, 3.05) is 33.7 Å². The van der Waals surface area contributed by atoms with E-state index in [1.165, 1.54) is 0 Å². The fourth-order valence-corrected chi connectivity index (χ4v) is 2.23. The van der Waals surface area contributed by atoms with Crippen LogP contribution in [0.1, 0.15) is 6.42 Å². The zero-order chi connectivity index (χ0) is 8.77. The van der Waals surface area contributed by atoms with Crippen molar-refractivity contribution < 1.29 is 4.79 Å². The molecule has 0 aliphatic carbocycles. The Labute approximate surface area is 72.5 Å². The first-order valence-corrected chi connectivity index (χ1v) is 4.35. The van der Waals surface area contributed by atoms with E-state index in [4.69, 9.17) is 0 Å². The van der Waals surface area contributed by atoms with Gasteiger partial charge in [0.15, 0.2) is 0 Å². The molecule has 4 nitrogen and oxygen atoms in total. The summed E-state index contributed by atoms with van der Waals surface area (Å²) in [6.45, 7) is 2.85. The lowest BCUT2D eigenvalue weighted by Crippen LogP contribution is -2.46. The number of carbonyl (C=O) groups is 1. The Bertz CT molecular complexity index is 210. The number of likely N-dealkylation sites (N-methyl/N-ethyl adjacent to an activating group) is 2. The molecule has 0 aromatic heterocycles. The number of amides is 2. The number of nitrogens with zero attached hydrogens (tertiary/aromatic N) is 2. The van der Waals surface area contributed by atoms with E-state index in [2.05, 4.69) is 5.32 Å². The van der Waals surface area contributed by atoms with Gasteiger partial charge in [-0.25, -0.2) is 4.79 Å². The summed E-state index contributed by atoms with van der Waals surface area (Å²) < 4.78 is 0. The second kappa shape index (κ2) is 2.36. The SMILES string of the molecule is CN1CC2(CCNC2)N(C)C1=O. The molecular formula is C8H15N3O. The van der Waals surface area contributed by atoms with Gasteiger partial charge in [-0.2, -0.15) is 0 Å². The Morgan fingerprint density at radius 2 is 2.25 bits per heavy atom. The van der Waals surface area contributed by atoms with Gasteiger partial charge in [0.05, 0.1) is 5.54 Å². The Kier molecular flexibility index (Phi) is 1.54. The van der Waals surface area contributed by atoms with Gasteiger partial charge in [-0.1, -0.05) is 0 Å². The van der Waals surface area contributed by atoms with Gasteiger partial charge in [0, 0.05) is 27.2 Å². The Morgan fingerprint density at radius 3 is 2.67 bits per heavy atom. The number of urea groups is 1. The van der Waals surface area contributed by atoms with E-state index in [9.17, 15) is 4.79 Å². The van der Waals surface area contributed by atoms with Gasteiger partial charge in [-0.3, -0.25) is 0 Å². The van der Waals surface area contributed by atoms with Gasteiger partial charge >= 0.3 is 6.03 Å². The molecule has 1 spiro atoms. The van der Waals surface area contributed by atoms with Crippen molar-refractivity contribution in [3.05, 3.63) is 0 Å². The molecule has 68 valence electrons. The topological polar surface area (TPSA) is 35.6 Å². The van der Waals surface area contributed by atoms with Crippen LogP contribution in [0.15, 0.2) is 0 Å². The fraction of sp³-hybridized carbons (Fsp3) is 0.875. The molecule has 1 N–H and O–H groups in total. The third kappa shape index (κ3) is 0.843. The molecular weight excluding hydrogens is 154 g/mol. The molecule has 0 aromatic rings. The number of carbonyl (C=O) groups excluding carboxylic acids is 1. The molecule has 1 unspecified atom stereocenters. The normalized spacial score (nSPS) is 35.7. The fourth-order valence-electron chi connectivity index (χ4n) is 2.23. The van der Waals surface area contributed by atoms with Crippen molar-refractivity contribution in [3.63, 3.8) is 0 Å². The van der Waals surface area contributed by atoms with Gasteiger partial charge in [-0.05, 0) is 13.0 Å². The molecule has 2 heterocycles.